The number of rotatable bonds is 6. The number of halogens is 3. The fourth-order valence-electron chi connectivity index (χ4n) is 2.44. The second kappa shape index (κ2) is 8.42. The molecule has 6 nitrogen and oxygen atoms in total. The van der Waals surface area contributed by atoms with Crippen molar-refractivity contribution in [2.45, 2.75) is 30.8 Å². The second-order valence-corrected chi connectivity index (χ2v) is 7.07. The molecule has 28 heavy (non-hydrogen) atoms. The van der Waals surface area contributed by atoms with Crippen LogP contribution in [-0.4, -0.2) is 30.9 Å². The summed E-state index contributed by atoms with van der Waals surface area (Å²) in [4.78, 5) is 16.3. The Bertz CT molecular complexity index is 996. The lowest BCUT2D eigenvalue weighted by molar-refractivity contribution is -0.115. The summed E-state index contributed by atoms with van der Waals surface area (Å²) in [5.74, 6) is -4.34. The molecule has 3 aromatic rings. The van der Waals surface area contributed by atoms with E-state index in [4.69, 9.17) is 0 Å². The van der Waals surface area contributed by atoms with Crippen LogP contribution in [0.3, 0.4) is 0 Å². The predicted molar refractivity (Wildman–Crippen MR) is 99.2 cm³/mol. The fourth-order valence-corrected chi connectivity index (χ4v) is 3.36. The zero-order valence-corrected chi connectivity index (χ0v) is 15.8. The summed E-state index contributed by atoms with van der Waals surface area (Å²) in [5.41, 5.74) is 0.406. The molecule has 1 aromatic carbocycles. The Morgan fingerprint density at radius 1 is 1.14 bits per heavy atom. The van der Waals surface area contributed by atoms with E-state index in [0.29, 0.717) is 17.5 Å². The Balaban J connectivity index is 1.76. The van der Waals surface area contributed by atoms with Gasteiger partial charge < -0.3 is 9.88 Å². The van der Waals surface area contributed by atoms with Gasteiger partial charge in [-0.3, -0.25) is 9.78 Å². The molecule has 0 spiro atoms. The van der Waals surface area contributed by atoms with Crippen molar-refractivity contribution in [3.63, 3.8) is 0 Å². The van der Waals surface area contributed by atoms with Crippen molar-refractivity contribution in [2.24, 2.45) is 0 Å². The van der Waals surface area contributed by atoms with Gasteiger partial charge in [-0.15, -0.1) is 10.2 Å². The van der Waals surface area contributed by atoms with Crippen molar-refractivity contribution in [1.82, 2.24) is 19.7 Å². The van der Waals surface area contributed by atoms with Gasteiger partial charge in [-0.1, -0.05) is 11.8 Å². The van der Waals surface area contributed by atoms with Crippen LogP contribution in [0.1, 0.15) is 13.8 Å². The highest BCUT2D eigenvalue weighted by atomic mass is 32.2. The summed E-state index contributed by atoms with van der Waals surface area (Å²) in [7, 11) is 0. The first-order valence-electron chi connectivity index (χ1n) is 8.37. The molecule has 1 amide bonds. The van der Waals surface area contributed by atoms with E-state index in [0.717, 1.165) is 29.5 Å². The smallest absolute Gasteiger partial charge is 0.237 e. The zero-order chi connectivity index (χ0) is 20.3. The van der Waals surface area contributed by atoms with Gasteiger partial charge in [-0.25, -0.2) is 13.2 Å². The summed E-state index contributed by atoms with van der Waals surface area (Å²) in [5, 5.41) is 10.4. The lowest BCUT2D eigenvalue weighted by Gasteiger charge is -2.13. The highest BCUT2D eigenvalue weighted by Gasteiger charge is 2.22. The monoisotopic (exact) mass is 407 g/mol. The lowest BCUT2D eigenvalue weighted by Crippen LogP contribution is -2.23. The molecular formula is C18H16F3N5OS. The van der Waals surface area contributed by atoms with Crippen LogP contribution in [0.2, 0.25) is 0 Å². The van der Waals surface area contributed by atoms with Crippen LogP contribution in [0.5, 0.6) is 0 Å². The summed E-state index contributed by atoms with van der Waals surface area (Å²) < 4.78 is 41.9. The topological polar surface area (TPSA) is 72.7 Å². The van der Waals surface area contributed by atoms with Gasteiger partial charge in [0.2, 0.25) is 5.91 Å². The molecule has 1 atom stereocenters. The first-order chi connectivity index (χ1) is 13.4. The summed E-state index contributed by atoms with van der Waals surface area (Å²) in [6.45, 7) is 4.08. The number of carbonyl (C=O) groups is 1. The quantitative estimate of drug-likeness (QED) is 0.496. The van der Waals surface area contributed by atoms with Crippen LogP contribution in [0.15, 0.2) is 41.8 Å². The molecule has 0 unspecified atom stereocenters. The molecule has 0 aliphatic rings. The van der Waals surface area contributed by atoms with Crippen LogP contribution in [0.25, 0.3) is 11.4 Å². The summed E-state index contributed by atoms with van der Waals surface area (Å²) in [6, 6.07) is 5.32. The van der Waals surface area contributed by atoms with Gasteiger partial charge in [0.15, 0.2) is 28.4 Å². The van der Waals surface area contributed by atoms with Crippen LogP contribution in [0.4, 0.5) is 18.9 Å². The highest BCUT2D eigenvalue weighted by Crippen LogP contribution is 2.28. The fraction of sp³-hybridized carbons (Fsp3) is 0.222. The minimum absolute atomic E-state index is 0.425. The molecule has 2 aromatic heterocycles. The maximum Gasteiger partial charge on any atom is 0.237 e. The number of hydrogen-bond donors (Lipinski definition) is 1. The first kappa shape index (κ1) is 19.9. The molecule has 3 rings (SSSR count). The molecule has 0 aliphatic heterocycles. The third kappa shape index (κ3) is 4.01. The number of anilines is 1. The Kier molecular flexibility index (Phi) is 5.98. The van der Waals surface area contributed by atoms with E-state index in [-0.39, 0.29) is 0 Å². The van der Waals surface area contributed by atoms with Gasteiger partial charge >= 0.3 is 0 Å². The minimum Gasteiger partial charge on any atom is -0.323 e. The van der Waals surface area contributed by atoms with Crippen molar-refractivity contribution < 1.29 is 18.0 Å². The molecule has 0 radical (unpaired) electrons. The van der Waals surface area contributed by atoms with Crippen LogP contribution in [0, 0.1) is 17.5 Å². The number of nitrogens with zero attached hydrogens (tertiary/aromatic N) is 4. The molecule has 0 saturated heterocycles. The Labute approximate surface area is 163 Å². The van der Waals surface area contributed by atoms with Gasteiger partial charge in [0.05, 0.1) is 10.9 Å². The van der Waals surface area contributed by atoms with E-state index >= 15 is 0 Å². The standard InChI is InChI=1S/C18H16F3N5OS/c1-3-26-16(11-6-8-22-9-7-11)24-25-18(26)28-10(2)17(27)23-13-5-4-12(19)14(20)15(13)21/h4-10H,3H2,1-2H3,(H,23,27)/t10-/m0/s1. The second-order valence-electron chi connectivity index (χ2n) is 5.76. The van der Waals surface area contributed by atoms with E-state index in [1.807, 2.05) is 11.5 Å². The zero-order valence-electron chi connectivity index (χ0n) is 15.0. The lowest BCUT2D eigenvalue weighted by atomic mass is 10.2. The van der Waals surface area contributed by atoms with Crippen molar-refractivity contribution in [2.75, 3.05) is 5.32 Å². The largest absolute Gasteiger partial charge is 0.323 e. The normalized spacial score (nSPS) is 12.0. The number of hydrogen-bond acceptors (Lipinski definition) is 5. The van der Waals surface area contributed by atoms with Gasteiger partial charge in [0, 0.05) is 24.5 Å². The highest BCUT2D eigenvalue weighted by molar-refractivity contribution is 8.00. The molecule has 1 N–H and O–H groups in total. The summed E-state index contributed by atoms with van der Waals surface area (Å²) in [6.07, 6.45) is 3.28. The van der Waals surface area contributed by atoms with Crippen LogP contribution < -0.4 is 5.32 Å². The number of pyridine rings is 1. The third-order valence-electron chi connectivity index (χ3n) is 3.92. The van der Waals surface area contributed by atoms with Gasteiger partial charge in [0.25, 0.3) is 0 Å². The number of thioether (sulfide) groups is 1. The van der Waals surface area contributed by atoms with Crippen molar-refractivity contribution in [1.29, 1.82) is 0 Å². The molecule has 2 heterocycles. The maximum absolute atomic E-state index is 13.8. The average molecular weight is 407 g/mol. The van der Waals surface area contributed by atoms with E-state index < -0.39 is 34.3 Å². The molecular weight excluding hydrogens is 391 g/mol. The number of carbonyl (C=O) groups excluding carboxylic acids is 1. The molecule has 0 saturated carbocycles. The summed E-state index contributed by atoms with van der Waals surface area (Å²) >= 11 is 1.12. The van der Waals surface area contributed by atoms with Gasteiger partial charge in [-0.2, -0.15) is 0 Å². The van der Waals surface area contributed by atoms with Crippen LogP contribution in [-0.2, 0) is 11.3 Å². The predicted octanol–water partition coefficient (Wildman–Crippen LogP) is 3.90. The number of nitrogens with one attached hydrogen (secondary N) is 1. The average Bonchev–Trinajstić information content (AvgIpc) is 3.11. The maximum atomic E-state index is 13.8. The van der Waals surface area contributed by atoms with Crippen molar-refractivity contribution in [3.8, 4) is 11.4 Å². The van der Waals surface area contributed by atoms with E-state index in [2.05, 4.69) is 20.5 Å². The minimum atomic E-state index is -1.63. The third-order valence-corrected chi connectivity index (χ3v) is 5.00. The molecule has 0 bridgehead atoms. The van der Waals surface area contributed by atoms with Crippen molar-refractivity contribution in [3.05, 3.63) is 54.1 Å². The number of benzene rings is 1. The van der Waals surface area contributed by atoms with E-state index in [1.165, 1.54) is 0 Å². The molecule has 0 aliphatic carbocycles. The SMILES string of the molecule is CCn1c(S[C@@H](C)C(=O)Nc2ccc(F)c(F)c2F)nnc1-c1ccncc1. The van der Waals surface area contributed by atoms with Crippen molar-refractivity contribution >= 4 is 23.4 Å². The molecule has 10 heteroatoms. The Morgan fingerprint density at radius 2 is 1.86 bits per heavy atom. The van der Waals surface area contributed by atoms with E-state index in [9.17, 15) is 18.0 Å². The van der Waals surface area contributed by atoms with E-state index in [1.54, 1.807) is 31.5 Å². The van der Waals surface area contributed by atoms with Gasteiger partial charge in [-0.05, 0) is 38.1 Å². The number of amides is 1. The van der Waals surface area contributed by atoms with Crippen LogP contribution >= 0.6 is 11.8 Å². The Hall–Kier alpha value is -2.88. The number of aromatic nitrogens is 4. The Morgan fingerprint density at radius 3 is 2.54 bits per heavy atom. The van der Waals surface area contributed by atoms with Gasteiger partial charge in [0.1, 0.15) is 0 Å². The first-order valence-corrected chi connectivity index (χ1v) is 9.25. The molecule has 0 fully saturated rings. The molecule has 146 valence electrons.